The molecule has 0 saturated heterocycles. The Morgan fingerprint density at radius 2 is 2.20 bits per heavy atom. The molecule has 1 rings (SSSR count). The summed E-state index contributed by atoms with van der Waals surface area (Å²) in [7, 11) is 3.46. The fourth-order valence-electron chi connectivity index (χ4n) is 1.29. The lowest BCUT2D eigenvalue weighted by Crippen LogP contribution is -2.23. The first kappa shape index (κ1) is 12.3. The third kappa shape index (κ3) is 3.36. The molecule has 1 aromatic rings. The van der Waals surface area contributed by atoms with E-state index in [4.69, 9.17) is 16.3 Å². The van der Waals surface area contributed by atoms with Crippen LogP contribution >= 0.6 is 11.6 Å². The van der Waals surface area contributed by atoms with Gasteiger partial charge in [0.2, 0.25) is 0 Å². The van der Waals surface area contributed by atoms with E-state index in [1.165, 1.54) is 6.07 Å². The summed E-state index contributed by atoms with van der Waals surface area (Å²) >= 11 is 5.61. The molecule has 0 aromatic heterocycles. The second-order valence-corrected chi connectivity index (χ2v) is 3.60. The Hall–Kier alpha value is -0.800. The molecule has 0 radical (unpaired) electrons. The summed E-state index contributed by atoms with van der Waals surface area (Å²) < 4.78 is 18.5. The van der Waals surface area contributed by atoms with Crippen molar-refractivity contribution in [3.8, 4) is 0 Å². The lowest BCUT2D eigenvalue weighted by atomic mass is 10.2. The molecule has 0 unspecified atom stereocenters. The van der Waals surface area contributed by atoms with Crippen molar-refractivity contribution in [3.63, 3.8) is 0 Å². The molecule has 4 heteroatoms. The average Bonchev–Trinajstić information content (AvgIpc) is 2.25. The molecular formula is C11H15ClFNO. The van der Waals surface area contributed by atoms with E-state index < -0.39 is 0 Å². The van der Waals surface area contributed by atoms with Crippen molar-refractivity contribution in [1.29, 1.82) is 0 Å². The third-order valence-corrected chi connectivity index (χ3v) is 2.52. The van der Waals surface area contributed by atoms with Crippen molar-refractivity contribution in [1.82, 2.24) is 0 Å². The number of nitrogens with zero attached hydrogens (tertiary/aromatic N) is 1. The van der Waals surface area contributed by atoms with Gasteiger partial charge in [-0.2, -0.15) is 0 Å². The topological polar surface area (TPSA) is 12.5 Å². The maximum Gasteiger partial charge on any atom is 0.146 e. The number of benzene rings is 1. The molecule has 0 saturated carbocycles. The number of alkyl halides is 1. The van der Waals surface area contributed by atoms with E-state index in [9.17, 15) is 4.39 Å². The molecule has 0 fully saturated rings. The summed E-state index contributed by atoms with van der Waals surface area (Å²) in [5, 5.41) is 0. The number of halogens is 2. The highest BCUT2D eigenvalue weighted by Gasteiger charge is 2.07. The number of anilines is 1. The zero-order valence-corrected chi connectivity index (χ0v) is 9.72. The van der Waals surface area contributed by atoms with Gasteiger partial charge in [-0.3, -0.25) is 0 Å². The van der Waals surface area contributed by atoms with Crippen LogP contribution in [-0.4, -0.2) is 27.3 Å². The monoisotopic (exact) mass is 231 g/mol. The van der Waals surface area contributed by atoms with Crippen molar-refractivity contribution in [2.45, 2.75) is 5.88 Å². The SMILES string of the molecule is COCCN(C)c1ccc(CCl)cc1F. The molecule has 15 heavy (non-hydrogen) atoms. The van der Waals surface area contributed by atoms with E-state index in [1.807, 2.05) is 18.0 Å². The molecule has 84 valence electrons. The van der Waals surface area contributed by atoms with Gasteiger partial charge in [0.1, 0.15) is 5.82 Å². The Kier molecular flexibility index (Phi) is 4.85. The van der Waals surface area contributed by atoms with Crippen molar-refractivity contribution < 1.29 is 9.13 Å². The van der Waals surface area contributed by atoms with Crippen LogP contribution in [0.5, 0.6) is 0 Å². The minimum absolute atomic E-state index is 0.244. The molecule has 1 aromatic carbocycles. The molecule has 0 heterocycles. The molecule has 0 bridgehead atoms. The molecule has 0 N–H and O–H groups in total. The summed E-state index contributed by atoms with van der Waals surface area (Å²) in [5.74, 6) is 0.0886. The maximum absolute atomic E-state index is 13.6. The Bertz CT molecular complexity index is 319. The third-order valence-electron chi connectivity index (χ3n) is 2.21. The van der Waals surface area contributed by atoms with Crippen LogP contribution in [0.25, 0.3) is 0 Å². The number of rotatable bonds is 5. The first-order valence-electron chi connectivity index (χ1n) is 4.73. The maximum atomic E-state index is 13.6. The second kappa shape index (κ2) is 5.93. The van der Waals surface area contributed by atoms with Crippen molar-refractivity contribution in [3.05, 3.63) is 29.6 Å². The Morgan fingerprint density at radius 1 is 1.47 bits per heavy atom. The Labute approximate surface area is 94.6 Å². The molecule has 0 aliphatic carbocycles. The number of likely N-dealkylation sites (N-methyl/N-ethyl adjacent to an activating group) is 1. The van der Waals surface area contributed by atoms with E-state index in [0.717, 1.165) is 5.56 Å². The van der Waals surface area contributed by atoms with E-state index in [-0.39, 0.29) is 5.82 Å². The van der Waals surface area contributed by atoms with Gasteiger partial charge in [-0.15, -0.1) is 11.6 Å². The predicted molar refractivity (Wildman–Crippen MR) is 61.1 cm³/mol. The van der Waals surface area contributed by atoms with Crippen LogP contribution in [0.15, 0.2) is 18.2 Å². The summed E-state index contributed by atoms with van der Waals surface area (Å²) in [6.07, 6.45) is 0. The molecule has 0 atom stereocenters. The minimum atomic E-state index is -0.244. The highest BCUT2D eigenvalue weighted by molar-refractivity contribution is 6.17. The molecule has 0 amide bonds. The van der Waals surface area contributed by atoms with Gasteiger partial charge in [0.25, 0.3) is 0 Å². The van der Waals surface area contributed by atoms with E-state index in [2.05, 4.69) is 0 Å². The fourth-order valence-corrected chi connectivity index (χ4v) is 1.46. The van der Waals surface area contributed by atoms with Gasteiger partial charge in [0.05, 0.1) is 12.3 Å². The molecular weight excluding hydrogens is 217 g/mol. The number of methoxy groups -OCH3 is 1. The quantitative estimate of drug-likeness (QED) is 0.723. The average molecular weight is 232 g/mol. The van der Waals surface area contributed by atoms with Gasteiger partial charge in [-0.25, -0.2) is 4.39 Å². The molecule has 0 aliphatic heterocycles. The van der Waals surface area contributed by atoms with Crippen molar-refractivity contribution in [2.24, 2.45) is 0 Å². The Balaban J connectivity index is 2.76. The summed E-state index contributed by atoms with van der Waals surface area (Å²) in [4.78, 5) is 1.82. The highest BCUT2D eigenvalue weighted by atomic mass is 35.5. The summed E-state index contributed by atoms with van der Waals surface area (Å²) in [6.45, 7) is 1.24. The largest absolute Gasteiger partial charge is 0.383 e. The first-order valence-corrected chi connectivity index (χ1v) is 5.27. The normalized spacial score (nSPS) is 10.4. The molecule has 0 aliphatic rings. The smallest absolute Gasteiger partial charge is 0.146 e. The van der Waals surface area contributed by atoms with Crippen molar-refractivity contribution in [2.75, 3.05) is 32.2 Å². The first-order chi connectivity index (χ1) is 7.19. The van der Waals surface area contributed by atoms with Gasteiger partial charge < -0.3 is 9.64 Å². The van der Waals surface area contributed by atoms with Crippen LogP contribution in [0.3, 0.4) is 0 Å². The van der Waals surface area contributed by atoms with Gasteiger partial charge in [-0.1, -0.05) is 6.07 Å². The molecule has 0 spiro atoms. The summed E-state index contributed by atoms with van der Waals surface area (Å²) in [6, 6.07) is 5.03. The lowest BCUT2D eigenvalue weighted by molar-refractivity contribution is 0.206. The number of ether oxygens (including phenoxy) is 1. The lowest BCUT2D eigenvalue weighted by Gasteiger charge is -2.19. The zero-order valence-electron chi connectivity index (χ0n) is 8.96. The van der Waals surface area contributed by atoms with E-state index in [1.54, 1.807) is 13.2 Å². The van der Waals surface area contributed by atoms with Crippen molar-refractivity contribution >= 4 is 17.3 Å². The second-order valence-electron chi connectivity index (χ2n) is 3.33. The van der Waals surface area contributed by atoms with Crippen LogP contribution in [-0.2, 0) is 10.6 Å². The van der Waals surface area contributed by atoms with E-state index >= 15 is 0 Å². The highest BCUT2D eigenvalue weighted by Crippen LogP contribution is 2.19. The Morgan fingerprint density at radius 3 is 2.73 bits per heavy atom. The number of hydrogen-bond acceptors (Lipinski definition) is 2. The standard InChI is InChI=1S/C11H15ClFNO/c1-14(5-6-15-2)11-4-3-9(8-12)7-10(11)13/h3-4,7H,5-6,8H2,1-2H3. The van der Waals surface area contributed by atoms with E-state index in [0.29, 0.717) is 24.7 Å². The van der Waals surface area contributed by atoms with Gasteiger partial charge in [0, 0.05) is 26.6 Å². The minimum Gasteiger partial charge on any atom is -0.383 e. The van der Waals surface area contributed by atoms with Crippen LogP contribution < -0.4 is 4.90 Å². The predicted octanol–water partition coefficient (Wildman–Crippen LogP) is 2.65. The zero-order chi connectivity index (χ0) is 11.3. The molecule has 2 nitrogen and oxygen atoms in total. The van der Waals surface area contributed by atoms with Gasteiger partial charge >= 0.3 is 0 Å². The fraction of sp³-hybridized carbons (Fsp3) is 0.455. The van der Waals surface area contributed by atoms with Crippen LogP contribution in [0.1, 0.15) is 5.56 Å². The summed E-state index contributed by atoms with van der Waals surface area (Å²) in [5.41, 5.74) is 1.36. The van der Waals surface area contributed by atoms with Crippen LogP contribution in [0.4, 0.5) is 10.1 Å². The number of hydrogen-bond donors (Lipinski definition) is 0. The van der Waals surface area contributed by atoms with Gasteiger partial charge in [-0.05, 0) is 17.7 Å². The van der Waals surface area contributed by atoms with Crippen LogP contribution in [0.2, 0.25) is 0 Å². The van der Waals surface area contributed by atoms with Gasteiger partial charge in [0.15, 0.2) is 0 Å². The van der Waals surface area contributed by atoms with Crippen LogP contribution in [0, 0.1) is 5.82 Å².